The average Bonchev–Trinajstić information content (AvgIpc) is 2.77. The highest BCUT2D eigenvalue weighted by molar-refractivity contribution is 5.21. The second-order valence-corrected chi connectivity index (χ2v) is 3.95. The molecule has 1 aromatic heterocycles. The zero-order valence-electron chi connectivity index (χ0n) is 9.53. The second-order valence-electron chi connectivity index (χ2n) is 3.95. The maximum absolute atomic E-state index is 4.18. The molecule has 1 heterocycles. The molecule has 0 saturated heterocycles. The topological polar surface area (TPSA) is 40.7 Å². The molecule has 2 aromatic rings. The Morgan fingerprint density at radius 1 is 1.38 bits per heavy atom. The molecule has 0 fully saturated rings. The van der Waals surface area contributed by atoms with Crippen LogP contribution in [0.25, 0.3) is 0 Å². The summed E-state index contributed by atoms with van der Waals surface area (Å²) in [4.78, 5) is 7.27. The van der Waals surface area contributed by atoms with E-state index in [2.05, 4.69) is 46.5 Å². The molecule has 0 aliphatic carbocycles. The van der Waals surface area contributed by atoms with Crippen LogP contribution in [0, 0.1) is 6.92 Å². The van der Waals surface area contributed by atoms with Gasteiger partial charge in [0.2, 0.25) is 0 Å². The predicted molar refractivity (Wildman–Crippen MR) is 65.2 cm³/mol. The Labute approximate surface area is 95.9 Å². The van der Waals surface area contributed by atoms with Gasteiger partial charge >= 0.3 is 0 Å². The zero-order chi connectivity index (χ0) is 11.2. The van der Waals surface area contributed by atoms with Gasteiger partial charge in [0.1, 0.15) is 5.82 Å². The van der Waals surface area contributed by atoms with Crippen LogP contribution in [0.5, 0.6) is 0 Å². The molecule has 0 saturated carbocycles. The van der Waals surface area contributed by atoms with E-state index >= 15 is 0 Å². The number of hydrogen-bond acceptors (Lipinski definition) is 2. The summed E-state index contributed by atoms with van der Waals surface area (Å²) in [7, 11) is 0. The van der Waals surface area contributed by atoms with Crippen molar-refractivity contribution in [3.8, 4) is 0 Å². The molecule has 0 aliphatic rings. The first kappa shape index (κ1) is 10.9. The largest absolute Gasteiger partial charge is 0.349 e. The Balaban J connectivity index is 1.72. The number of benzene rings is 1. The molecular formula is C13H17N3. The van der Waals surface area contributed by atoms with Crippen LogP contribution in [0.2, 0.25) is 0 Å². The molecule has 0 bridgehead atoms. The van der Waals surface area contributed by atoms with Gasteiger partial charge in [-0.15, -0.1) is 0 Å². The zero-order valence-corrected chi connectivity index (χ0v) is 9.53. The van der Waals surface area contributed by atoms with E-state index in [1.54, 1.807) is 6.20 Å². The first-order chi connectivity index (χ1) is 7.84. The molecular weight excluding hydrogens is 198 g/mol. The van der Waals surface area contributed by atoms with E-state index in [0.717, 1.165) is 25.3 Å². The van der Waals surface area contributed by atoms with Crippen LogP contribution < -0.4 is 5.32 Å². The van der Waals surface area contributed by atoms with E-state index in [9.17, 15) is 0 Å². The summed E-state index contributed by atoms with van der Waals surface area (Å²) in [5.74, 6) is 1.04. The van der Waals surface area contributed by atoms with Crippen molar-refractivity contribution in [1.29, 1.82) is 0 Å². The third-order valence-corrected chi connectivity index (χ3v) is 2.51. The monoisotopic (exact) mass is 215 g/mol. The minimum atomic E-state index is 0.919. The number of H-pyrrole nitrogens is 1. The molecule has 0 unspecified atom stereocenters. The van der Waals surface area contributed by atoms with Crippen LogP contribution in [0.4, 0.5) is 0 Å². The van der Waals surface area contributed by atoms with Gasteiger partial charge in [-0.3, -0.25) is 0 Å². The molecule has 16 heavy (non-hydrogen) atoms. The summed E-state index contributed by atoms with van der Waals surface area (Å²) in [5, 5.41) is 3.41. The Bertz CT molecular complexity index is 421. The minimum Gasteiger partial charge on any atom is -0.349 e. The normalized spacial score (nSPS) is 10.6. The van der Waals surface area contributed by atoms with Gasteiger partial charge in [0.15, 0.2) is 0 Å². The predicted octanol–water partition coefficient (Wildman–Crippen LogP) is 2.05. The third kappa shape index (κ3) is 3.21. The summed E-state index contributed by atoms with van der Waals surface area (Å²) >= 11 is 0. The quantitative estimate of drug-likeness (QED) is 0.749. The standard InChI is InChI=1S/C13H17N3/c1-11-3-2-4-12(9-11)10-14-6-5-13-15-7-8-16-13/h2-4,7-9,14H,5-6,10H2,1H3,(H,15,16). The Morgan fingerprint density at radius 2 is 2.31 bits per heavy atom. The van der Waals surface area contributed by atoms with Crippen molar-refractivity contribution >= 4 is 0 Å². The van der Waals surface area contributed by atoms with Crippen LogP contribution in [0.1, 0.15) is 17.0 Å². The van der Waals surface area contributed by atoms with Gasteiger partial charge < -0.3 is 10.3 Å². The van der Waals surface area contributed by atoms with Crippen LogP contribution >= 0.6 is 0 Å². The highest BCUT2D eigenvalue weighted by atomic mass is 14.9. The van der Waals surface area contributed by atoms with Crippen LogP contribution in [-0.2, 0) is 13.0 Å². The average molecular weight is 215 g/mol. The summed E-state index contributed by atoms with van der Waals surface area (Å²) in [6.45, 7) is 3.98. The number of aryl methyl sites for hydroxylation is 1. The maximum Gasteiger partial charge on any atom is 0.107 e. The van der Waals surface area contributed by atoms with Crippen LogP contribution in [-0.4, -0.2) is 16.5 Å². The molecule has 2 rings (SSSR count). The number of rotatable bonds is 5. The molecule has 0 radical (unpaired) electrons. The number of nitrogens with one attached hydrogen (secondary N) is 2. The smallest absolute Gasteiger partial charge is 0.107 e. The highest BCUT2D eigenvalue weighted by Gasteiger charge is 1.95. The highest BCUT2D eigenvalue weighted by Crippen LogP contribution is 2.03. The fraction of sp³-hybridized carbons (Fsp3) is 0.308. The molecule has 0 atom stereocenters. The minimum absolute atomic E-state index is 0.919. The van der Waals surface area contributed by atoms with E-state index in [1.807, 2.05) is 6.20 Å². The Kier molecular flexibility index (Phi) is 3.72. The maximum atomic E-state index is 4.18. The fourth-order valence-electron chi connectivity index (χ4n) is 1.70. The van der Waals surface area contributed by atoms with Crippen molar-refractivity contribution in [2.45, 2.75) is 19.9 Å². The molecule has 0 amide bonds. The first-order valence-corrected chi connectivity index (χ1v) is 5.59. The van der Waals surface area contributed by atoms with Gasteiger partial charge in [-0.25, -0.2) is 4.98 Å². The van der Waals surface area contributed by atoms with Crippen molar-refractivity contribution in [3.63, 3.8) is 0 Å². The fourth-order valence-corrected chi connectivity index (χ4v) is 1.70. The van der Waals surface area contributed by atoms with Gasteiger partial charge in [0.25, 0.3) is 0 Å². The summed E-state index contributed by atoms with van der Waals surface area (Å²) in [6, 6.07) is 8.57. The summed E-state index contributed by atoms with van der Waals surface area (Å²) in [5.41, 5.74) is 2.64. The molecule has 84 valence electrons. The van der Waals surface area contributed by atoms with E-state index < -0.39 is 0 Å². The number of imidazole rings is 1. The Hall–Kier alpha value is -1.61. The number of hydrogen-bond donors (Lipinski definition) is 2. The molecule has 0 aliphatic heterocycles. The molecule has 1 aromatic carbocycles. The third-order valence-electron chi connectivity index (χ3n) is 2.51. The van der Waals surface area contributed by atoms with Gasteiger partial charge in [0.05, 0.1) is 0 Å². The lowest BCUT2D eigenvalue weighted by molar-refractivity contribution is 0.673. The van der Waals surface area contributed by atoms with Crippen LogP contribution in [0.15, 0.2) is 36.7 Å². The first-order valence-electron chi connectivity index (χ1n) is 5.59. The number of aromatic nitrogens is 2. The summed E-state index contributed by atoms with van der Waals surface area (Å²) in [6.07, 6.45) is 4.59. The Morgan fingerprint density at radius 3 is 3.06 bits per heavy atom. The molecule has 2 N–H and O–H groups in total. The van der Waals surface area contributed by atoms with Crippen molar-refractivity contribution in [2.24, 2.45) is 0 Å². The molecule has 0 spiro atoms. The van der Waals surface area contributed by atoms with E-state index in [-0.39, 0.29) is 0 Å². The summed E-state index contributed by atoms with van der Waals surface area (Å²) < 4.78 is 0. The lowest BCUT2D eigenvalue weighted by atomic mass is 10.1. The lowest BCUT2D eigenvalue weighted by Crippen LogP contribution is -2.17. The van der Waals surface area contributed by atoms with Crippen molar-refractivity contribution in [1.82, 2.24) is 15.3 Å². The lowest BCUT2D eigenvalue weighted by Gasteiger charge is -2.04. The molecule has 3 heteroatoms. The van der Waals surface area contributed by atoms with Crippen molar-refractivity contribution in [3.05, 3.63) is 53.6 Å². The number of aromatic amines is 1. The van der Waals surface area contributed by atoms with E-state index in [4.69, 9.17) is 0 Å². The van der Waals surface area contributed by atoms with Gasteiger partial charge in [0, 0.05) is 31.9 Å². The molecule has 3 nitrogen and oxygen atoms in total. The van der Waals surface area contributed by atoms with E-state index in [1.165, 1.54) is 11.1 Å². The SMILES string of the molecule is Cc1cccc(CNCCc2ncc[nH]2)c1. The van der Waals surface area contributed by atoms with Crippen molar-refractivity contribution in [2.75, 3.05) is 6.54 Å². The number of nitrogens with zero attached hydrogens (tertiary/aromatic N) is 1. The van der Waals surface area contributed by atoms with E-state index in [0.29, 0.717) is 0 Å². The van der Waals surface area contributed by atoms with Crippen LogP contribution in [0.3, 0.4) is 0 Å². The van der Waals surface area contributed by atoms with Gasteiger partial charge in [-0.2, -0.15) is 0 Å². The van der Waals surface area contributed by atoms with Gasteiger partial charge in [-0.1, -0.05) is 29.8 Å². The van der Waals surface area contributed by atoms with Gasteiger partial charge in [-0.05, 0) is 12.5 Å². The second kappa shape index (κ2) is 5.47. The van der Waals surface area contributed by atoms with Crippen molar-refractivity contribution < 1.29 is 0 Å².